The number of anilines is 2. The van der Waals surface area contributed by atoms with Crippen LogP contribution in [-0.4, -0.2) is 19.1 Å². The molecule has 0 aromatic heterocycles. The highest BCUT2D eigenvalue weighted by molar-refractivity contribution is 7.85. The molecule has 0 spiro atoms. The van der Waals surface area contributed by atoms with Gasteiger partial charge in [-0.3, -0.25) is 4.55 Å². The predicted octanol–water partition coefficient (Wildman–Crippen LogP) is 9.73. The van der Waals surface area contributed by atoms with Crippen LogP contribution in [0.1, 0.15) is 128 Å². The molecule has 0 saturated heterocycles. The second-order valence-electron chi connectivity index (χ2n) is 11.4. The van der Waals surface area contributed by atoms with Gasteiger partial charge in [0.1, 0.15) is 0 Å². The molecule has 1 unspecified atom stereocenters. The molecule has 5 nitrogen and oxygen atoms in total. The summed E-state index contributed by atoms with van der Waals surface area (Å²) in [5.74, 6) is 0. The van der Waals surface area contributed by atoms with Crippen molar-refractivity contribution >= 4 is 21.5 Å². The first-order chi connectivity index (χ1) is 19.0. The SMILES string of the molecule is CCCCCCCCCCCCCCCCCCCC1Nc2cc(S(=O)(=O)O)ccc2N1Cc1ccccc1. The summed E-state index contributed by atoms with van der Waals surface area (Å²) in [6, 6.07) is 15.2. The van der Waals surface area contributed by atoms with E-state index >= 15 is 0 Å². The average molecular weight is 557 g/mol. The van der Waals surface area contributed by atoms with Crippen LogP contribution in [0.15, 0.2) is 53.4 Å². The van der Waals surface area contributed by atoms with Crippen LogP contribution in [0, 0.1) is 0 Å². The largest absolute Gasteiger partial charge is 0.363 e. The Kier molecular flexibility index (Phi) is 14.2. The molecular formula is C33H52N2O3S. The van der Waals surface area contributed by atoms with Gasteiger partial charge in [-0.05, 0) is 36.6 Å². The molecule has 0 fully saturated rings. The van der Waals surface area contributed by atoms with Gasteiger partial charge in [-0.1, -0.05) is 140 Å². The lowest BCUT2D eigenvalue weighted by atomic mass is 10.0. The smallest absolute Gasteiger partial charge is 0.294 e. The second kappa shape index (κ2) is 17.6. The van der Waals surface area contributed by atoms with Gasteiger partial charge in [-0.25, -0.2) is 0 Å². The number of fused-ring (bicyclic) bond motifs is 1. The van der Waals surface area contributed by atoms with Crippen LogP contribution in [0.25, 0.3) is 0 Å². The van der Waals surface area contributed by atoms with Crippen LogP contribution >= 0.6 is 0 Å². The van der Waals surface area contributed by atoms with Crippen LogP contribution in [0.5, 0.6) is 0 Å². The number of hydrogen-bond donors (Lipinski definition) is 2. The molecule has 1 aliphatic rings. The highest BCUT2D eigenvalue weighted by Crippen LogP contribution is 2.38. The van der Waals surface area contributed by atoms with Crippen molar-refractivity contribution < 1.29 is 13.0 Å². The molecule has 1 heterocycles. The molecule has 2 aromatic carbocycles. The lowest BCUT2D eigenvalue weighted by Crippen LogP contribution is -2.35. The van der Waals surface area contributed by atoms with Crippen molar-refractivity contribution in [3.05, 3.63) is 54.1 Å². The molecule has 6 heteroatoms. The minimum absolute atomic E-state index is 0.0631. The Morgan fingerprint density at radius 3 is 1.74 bits per heavy atom. The summed E-state index contributed by atoms with van der Waals surface area (Å²) in [6.45, 7) is 3.04. The summed E-state index contributed by atoms with van der Waals surface area (Å²) in [7, 11) is -4.22. The number of hydrogen-bond acceptors (Lipinski definition) is 4. The molecule has 3 rings (SSSR count). The van der Waals surface area contributed by atoms with E-state index in [9.17, 15) is 13.0 Å². The zero-order valence-corrected chi connectivity index (χ0v) is 25.1. The average Bonchev–Trinajstić information content (AvgIpc) is 3.26. The first-order valence-corrected chi connectivity index (χ1v) is 17.1. The number of benzene rings is 2. The zero-order valence-electron chi connectivity index (χ0n) is 24.3. The Labute approximate surface area is 238 Å². The van der Waals surface area contributed by atoms with Crippen molar-refractivity contribution in [1.29, 1.82) is 0 Å². The van der Waals surface area contributed by atoms with Crippen molar-refractivity contribution in [2.24, 2.45) is 0 Å². The molecule has 0 saturated carbocycles. The number of nitrogens with zero attached hydrogens (tertiary/aromatic N) is 1. The first-order valence-electron chi connectivity index (χ1n) is 15.7. The maximum atomic E-state index is 11.6. The van der Waals surface area contributed by atoms with Crippen molar-refractivity contribution in [3.8, 4) is 0 Å². The molecule has 0 radical (unpaired) electrons. The Bertz CT molecular complexity index is 1040. The third kappa shape index (κ3) is 11.5. The van der Waals surface area contributed by atoms with Crippen LogP contribution in [-0.2, 0) is 16.7 Å². The monoisotopic (exact) mass is 556 g/mol. The van der Waals surface area contributed by atoms with E-state index in [4.69, 9.17) is 0 Å². The first kappa shape index (κ1) is 31.5. The molecule has 2 N–H and O–H groups in total. The summed E-state index contributed by atoms with van der Waals surface area (Å²) in [5, 5.41) is 3.52. The fraction of sp³-hybridized carbons (Fsp3) is 0.636. The highest BCUT2D eigenvalue weighted by Gasteiger charge is 2.29. The van der Waals surface area contributed by atoms with Gasteiger partial charge in [0.2, 0.25) is 0 Å². The van der Waals surface area contributed by atoms with Gasteiger partial charge in [0.25, 0.3) is 10.1 Å². The molecule has 2 aromatic rings. The lowest BCUT2D eigenvalue weighted by Gasteiger charge is -2.27. The number of nitrogens with one attached hydrogen (secondary N) is 1. The summed E-state index contributed by atoms with van der Waals surface area (Å²) < 4.78 is 32.8. The molecule has 1 atom stereocenters. The normalized spacial score (nSPS) is 14.9. The maximum absolute atomic E-state index is 11.6. The van der Waals surface area contributed by atoms with Gasteiger partial charge in [0.15, 0.2) is 0 Å². The van der Waals surface area contributed by atoms with E-state index in [1.165, 1.54) is 114 Å². The predicted molar refractivity (Wildman–Crippen MR) is 165 cm³/mol. The summed E-state index contributed by atoms with van der Waals surface area (Å²) in [4.78, 5) is 2.26. The summed E-state index contributed by atoms with van der Waals surface area (Å²) in [5.41, 5.74) is 2.99. The Morgan fingerprint density at radius 2 is 1.23 bits per heavy atom. The second-order valence-corrected chi connectivity index (χ2v) is 12.8. The van der Waals surface area contributed by atoms with E-state index in [0.29, 0.717) is 0 Å². The van der Waals surface area contributed by atoms with Crippen molar-refractivity contribution in [2.75, 3.05) is 10.2 Å². The number of rotatable bonds is 21. The fourth-order valence-corrected chi connectivity index (χ4v) is 6.24. The van der Waals surface area contributed by atoms with Crippen LogP contribution < -0.4 is 10.2 Å². The summed E-state index contributed by atoms with van der Waals surface area (Å²) >= 11 is 0. The molecule has 0 amide bonds. The molecule has 39 heavy (non-hydrogen) atoms. The van der Waals surface area contributed by atoms with Crippen LogP contribution in [0.3, 0.4) is 0 Å². The minimum atomic E-state index is -4.22. The lowest BCUT2D eigenvalue weighted by molar-refractivity contribution is 0.483. The molecular weight excluding hydrogens is 504 g/mol. The molecule has 0 aliphatic carbocycles. The van der Waals surface area contributed by atoms with Gasteiger partial charge < -0.3 is 10.2 Å². The van der Waals surface area contributed by atoms with Gasteiger partial charge in [0, 0.05) is 6.54 Å². The Hall–Kier alpha value is -2.05. The topological polar surface area (TPSA) is 69.6 Å². The highest BCUT2D eigenvalue weighted by atomic mass is 32.2. The summed E-state index contributed by atoms with van der Waals surface area (Å²) in [6.07, 6.45) is 24.3. The van der Waals surface area contributed by atoms with E-state index in [-0.39, 0.29) is 11.1 Å². The maximum Gasteiger partial charge on any atom is 0.294 e. The van der Waals surface area contributed by atoms with Crippen molar-refractivity contribution in [3.63, 3.8) is 0 Å². The quantitative estimate of drug-likeness (QED) is 0.118. The van der Waals surface area contributed by atoms with Crippen LogP contribution in [0.2, 0.25) is 0 Å². The Balaban J connectivity index is 1.29. The van der Waals surface area contributed by atoms with Crippen molar-refractivity contribution in [2.45, 2.75) is 140 Å². The minimum Gasteiger partial charge on any atom is -0.363 e. The number of unbranched alkanes of at least 4 members (excludes halogenated alkanes) is 16. The fourth-order valence-electron chi connectivity index (χ4n) is 5.73. The third-order valence-electron chi connectivity index (χ3n) is 8.05. The van der Waals surface area contributed by atoms with Gasteiger partial charge in [0.05, 0.1) is 22.4 Å². The van der Waals surface area contributed by atoms with Crippen LogP contribution in [0.4, 0.5) is 11.4 Å². The van der Waals surface area contributed by atoms with E-state index in [1.54, 1.807) is 6.07 Å². The standard InChI is InChI=1S/C33H52N2O3S/c1-2-3-4-5-6-7-8-9-10-11-12-13-14-15-16-17-21-24-33-34-31-27-30(39(36,37)38)25-26-32(31)35(33)28-29-22-19-18-20-23-29/h18-20,22-23,25-27,33-34H,2-17,21,24,28H2,1H3,(H,36,37,38). The molecule has 1 aliphatic heterocycles. The zero-order chi connectivity index (χ0) is 27.8. The van der Waals surface area contributed by atoms with E-state index in [2.05, 4.69) is 29.3 Å². The van der Waals surface area contributed by atoms with E-state index in [1.807, 2.05) is 24.3 Å². The van der Waals surface area contributed by atoms with Gasteiger partial charge >= 0.3 is 0 Å². The molecule has 218 valence electrons. The Morgan fingerprint density at radius 1 is 0.718 bits per heavy atom. The van der Waals surface area contributed by atoms with Gasteiger partial charge in [-0.2, -0.15) is 8.42 Å². The van der Waals surface area contributed by atoms with Crippen molar-refractivity contribution in [1.82, 2.24) is 0 Å². The third-order valence-corrected chi connectivity index (χ3v) is 8.90. The van der Waals surface area contributed by atoms with E-state index in [0.717, 1.165) is 30.8 Å². The molecule has 0 bridgehead atoms. The van der Waals surface area contributed by atoms with Gasteiger partial charge in [-0.15, -0.1) is 0 Å². The van der Waals surface area contributed by atoms with E-state index < -0.39 is 10.1 Å².